The van der Waals surface area contributed by atoms with Gasteiger partial charge in [0, 0.05) is 12.5 Å². The molecule has 1 N–H and O–H groups in total. The first kappa shape index (κ1) is 33.3. The molecule has 4 aromatic rings. The Labute approximate surface area is 269 Å². The molecule has 238 valence electrons. The van der Waals surface area contributed by atoms with Gasteiger partial charge in [0.1, 0.15) is 6.10 Å². The van der Waals surface area contributed by atoms with Gasteiger partial charge >= 0.3 is 0 Å². The van der Waals surface area contributed by atoms with Crippen molar-refractivity contribution >= 4 is 28.5 Å². The fourth-order valence-electron chi connectivity index (χ4n) is 6.46. The summed E-state index contributed by atoms with van der Waals surface area (Å²) in [5.74, 6) is -0.861. The van der Waals surface area contributed by atoms with E-state index >= 15 is 0 Å². The van der Waals surface area contributed by atoms with Gasteiger partial charge in [-0.3, -0.25) is 0 Å². The average Bonchev–Trinajstić information content (AvgIpc) is 3.33. The lowest BCUT2D eigenvalue weighted by molar-refractivity contribution is -0.0514. The van der Waals surface area contributed by atoms with E-state index in [1.54, 1.807) is 30.3 Å². The Kier molecular flexibility index (Phi) is 10.7. The van der Waals surface area contributed by atoms with Gasteiger partial charge in [-0.25, -0.2) is 8.42 Å². The molecule has 1 saturated heterocycles. The van der Waals surface area contributed by atoms with Crippen molar-refractivity contribution in [2.75, 3.05) is 19.0 Å². The summed E-state index contributed by atoms with van der Waals surface area (Å²) in [6.45, 7) is 7.56. The van der Waals surface area contributed by atoms with Crippen molar-refractivity contribution < 1.29 is 27.4 Å². The van der Waals surface area contributed by atoms with E-state index in [-0.39, 0.29) is 22.3 Å². The molecule has 45 heavy (non-hydrogen) atoms. The van der Waals surface area contributed by atoms with Crippen LogP contribution in [0.1, 0.15) is 32.8 Å². The van der Waals surface area contributed by atoms with Gasteiger partial charge < -0.3 is 19.0 Å². The van der Waals surface area contributed by atoms with E-state index in [2.05, 4.69) is 69.3 Å². The summed E-state index contributed by atoms with van der Waals surface area (Å²) in [6, 6.07) is 39.0. The Bertz CT molecular complexity index is 1540. The normalized spacial score (nSPS) is 20.7. The molecule has 4 atom stereocenters. The number of hydrogen-bond donors (Lipinski definition) is 1. The van der Waals surface area contributed by atoms with Crippen molar-refractivity contribution in [2.24, 2.45) is 5.92 Å². The molecule has 4 aromatic carbocycles. The van der Waals surface area contributed by atoms with E-state index in [4.69, 9.17) is 13.9 Å². The van der Waals surface area contributed by atoms with Gasteiger partial charge in [-0.05, 0) is 39.5 Å². The second kappa shape index (κ2) is 14.5. The van der Waals surface area contributed by atoms with Crippen LogP contribution in [-0.4, -0.2) is 59.1 Å². The smallest absolute Gasteiger partial charge is 0.261 e. The molecule has 8 heteroatoms. The van der Waals surface area contributed by atoms with Crippen LogP contribution >= 0.6 is 0 Å². The number of sulfone groups is 1. The highest BCUT2D eigenvalue weighted by Gasteiger charge is 2.51. The highest BCUT2D eigenvalue weighted by atomic mass is 32.2. The lowest BCUT2D eigenvalue weighted by atomic mass is 9.96. The zero-order valence-corrected chi connectivity index (χ0v) is 28.1. The van der Waals surface area contributed by atoms with E-state index < -0.39 is 42.4 Å². The zero-order valence-electron chi connectivity index (χ0n) is 26.3. The topological polar surface area (TPSA) is 82.1 Å². The third-order valence-corrected chi connectivity index (χ3v) is 15.5. The second-order valence-corrected chi connectivity index (χ2v) is 19.1. The Balaban J connectivity index is 1.38. The number of benzene rings is 4. The number of aliphatic hydroxyl groups excluding tert-OH is 1. The minimum atomic E-state index is -3.67. The summed E-state index contributed by atoms with van der Waals surface area (Å²) >= 11 is 0. The number of rotatable bonds is 13. The van der Waals surface area contributed by atoms with Gasteiger partial charge in [-0.15, -0.1) is 0 Å². The van der Waals surface area contributed by atoms with Gasteiger partial charge in [0.15, 0.2) is 9.84 Å². The van der Waals surface area contributed by atoms with Crippen LogP contribution < -0.4 is 10.4 Å². The summed E-state index contributed by atoms with van der Waals surface area (Å²) in [5.41, 5.74) is 1.02. The highest BCUT2D eigenvalue weighted by molar-refractivity contribution is 7.91. The third-order valence-electron chi connectivity index (χ3n) is 8.69. The molecule has 0 aromatic heterocycles. The molecule has 6 nitrogen and oxygen atoms in total. The Morgan fingerprint density at radius 2 is 1.27 bits per heavy atom. The maximum absolute atomic E-state index is 13.5. The molecule has 1 aliphatic heterocycles. The van der Waals surface area contributed by atoms with Gasteiger partial charge in [0.25, 0.3) is 8.32 Å². The van der Waals surface area contributed by atoms with E-state index in [0.717, 1.165) is 5.56 Å². The highest BCUT2D eigenvalue weighted by Crippen LogP contribution is 2.38. The maximum atomic E-state index is 13.5. The van der Waals surface area contributed by atoms with Gasteiger partial charge in [0.05, 0.1) is 36.1 Å². The van der Waals surface area contributed by atoms with Crippen LogP contribution in [0.25, 0.3) is 0 Å². The van der Waals surface area contributed by atoms with E-state index in [1.807, 2.05) is 42.5 Å². The summed E-state index contributed by atoms with van der Waals surface area (Å²) in [6.07, 6.45) is -1.74. The largest absolute Gasteiger partial charge is 0.407 e. The lowest BCUT2D eigenvalue weighted by Gasteiger charge is -2.43. The number of aliphatic hydroxyl groups is 1. The molecule has 5 rings (SSSR count). The molecule has 0 aliphatic carbocycles. The predicted octanol–water partition coefficient (Wildman–Crippen LogP) is 5.39. The van der Waals surface area contributed by atoms with Crippen molar-refractivity contribution in [1.82, 2.24) is 0 Å². The van der Waals surface area contributed by atoms with Gasteiger partial charge in [-0.1, -0.05) is 130 Å². The van der Waals surface area contributed by atoms with Gasteiger partial charge in [-0.2, -0.15) is 0 Å². The first-order chi connectivity index (χ1) is 21.6. The molecular formula is C37H44O6SSi. The van der Waals surface area contributed by atoms with Crippen LogP contribution in [0.4, 0.5) is 0 Å². The minimum absolute atomic E-state index is 0.157. The van der Waals surface area contributed by atoms with Crippen LogP contribution in [0.5, 0.6) is 0 Å². The second-order valence-electron chi connectivity index (χ2n) is 12.8. The molecule has 1 heterocycles. The molecule has 1 fully saturated rings. The Morgan fingerprint density at radius 3 is 1.80 bits per heavy atom. The van der Waals surface area contributed by atoms with Crippen molar-refractivity contribution in [3.63, 3.8) is 0 Å². The molecule has 0 amide bonds. The lowest BCUT2D eigenvalue weighted by Crippen LogP contribution is -2.66. The van der Waals surface area contributed by atoms with Crippen LogP contribution in [0.15, 0.2) is 126 Å². The predicted molar refractivity (Wildman–Crippen MR) is 181 cm³/mol. The third kappa shape index (κ3) is 7.65. The Morgan fingerprint density at radius 1 is 0.756 bits per heavy atom. The zero-order chi connectivity index (χ0) is 31.9. The quantitative estimate of drug-likeness (QED) is 0.197. The first-order valence-corrected chi connectivity index (χ1v) is 19.2. The number of ether oxygens (including phenoxy) is 2. The molecule has 0 spiro atoms. The van der Waals surface area contributed by atoms with E-state index in [1.165, 1.54) is 10.4 Å². The van der Waals surface area contributed by atoms with Crippen molar-refractivity contribution in [3.05, 3.63) is 127 Å². The van der Waals surface area contributed by atoms with Crippen LogP contribution in [0.3, 0.4) is 0 Å². The van der Waals surface area contributed by atoms with Crippen molar-refractivity contribution in [3.8, 4) is 0 Å². The monoisotopic (exact) mass is 644 g/mol. The molecule has 1 unspecified atom stereocenters. The Hall–Kier alpha value is -3.11. The van der Waals surface area contributed by atoms with E-state index in [0.29, 0.717) is 19.6 Å². The fraction of sp³-hybridized carbons (Fsp3) is 0.351. The molecule has 0 radical (unpaired) electrons. The SMILES string of the molecule is CC(C)(C)[Si](OCCC1O[C@H](COCc2ccccc2)[C@H](O)[C@H]1CS(=O)(=O)c1ccccc1)(c1ccccc1)c1ccccc1. The fourth-order valence-corrected chi connectivity index (χ4v) is 12.7. The average molecular weight is 645 g/mol. The maximum Gasteiger partial charge on any atom is 0.261 e. The van der Waals surface area contributed by atoms with Crippen LogP contribution in [0.2, 0.25) is 5.04 Å². The summed E-state index contributed by atoms with van der Waals surface area (Å²) in [7, 11) is -6.47. The van der Waals surface area contributed by atoms with Crippen LogP contribution in [0, 0.1) is 5.92 Å². The summed E-state index contributed by atoms with van der Waals surface area (Å²) in [4.78, 5) is 0.239. The molecular weight excluding hydrogens is 601 g/mol. The molecule has 1 aliphatic rings. The molecule has 0 saturated carbocycles. The van der Waals surface area contributed by atoms with Crippen LogP contribution in [-0.2, 0) is 30.3 Å². The first-order valence-electron chi connectivity index (χ1n) is 15.6. The van der Waals surface area contributed by atoms with E-state index in [9.17, 15) is 13.5 Å². The number of hydrogen-bond acceptors (Lipinski definition) is 6. The standard InChI is InChI=1S/C37H44O6SSi/c1-37(2,3)45(31-20-12-6-13-21-31,32-22-14-7-15-23-32)42-25-24-34-33(28-44(39,40)30-18-10-5-11-19-30)36(38)35(43-34)27-41-26-29-16-8-4-9-17-29/h4-23,33-36,38H,24-28H2,1-3H3/t33-,34?,35+,36+/m0/s1. The van der Waals surface area contributed by atoms with Crippen molar-refractivity contribution in [2.45, 2.75) is 62.0 Å². The summed E-state index contributed by atoms with van der Waals surface area (Å²) < 4.78 is 46.5. The summed E-state index contributed by atoms with van der Waals surface area (Å²) in [5, 5.41) is 13.6. The molecule has 0 bridgehead atoms. The van der Waals surface area contributed by atoms with Crippen molar-refractivity contribution in [1.29, 1.82) is 0 Å². The minimum Gasteiger partial charge on any atom is -0.407 e. The van der Waals surface area contributed by atoms with Gasteiger partial charge in [0.2, 0.25) is 0 Å².